The molecule has 6 aromatic carbocycles. The van der Waals surface area contributed by atoms with Crippen LogP contribution in [-0.2, 0) is 37.3 Å². The molecule has 66 heavy (non-hydrogen) atoms. The first-order chi connectivity index (χ1) is 34.2. The van der Waals surface area contributed by atoms with Crippen LogP contribution in [0.5, 0.6) is 5.75 Å². The van der Waals surface area contributed by atoms with Crippen LogP contribution in [0.15, 0.2) is 127 Å². The zero-order valence-electron chi connectivity index (χ0n) is 49.4. The Morgan fingerprint density at radius 1 is 0.667 bits per heavy atom. The number of fused-ring (bicyclic) bond motifs is 1. The molecule has 0 saturated carbocycles. The molecule has 0 spiro atoms. The second-order valence-corrected chi connectivity index (χ2v) is 21.0. The molecule has 2 aromatic heterocycles. The van der Waals surface area contributed by atoms with Gasteiger partial charge in [-0.2, -0.15) is 0 Å². The molecule has 8 rings (SSSR count). The standard InChI is InChI=1S/C61H66N3O.Pt/c1-37(2)43-28-44(38(3)4)30-45(29-43)41-23-24-54(39(5)27-41)64-55-22-18-21-50(56(55)63-58(64)51-35-49(60(9,10)11)36-52(57(51)65)61(12,13)14)46-31-47(33-48(32-46)59(6,7)8)53-34-42(25-26-62-53)40-19-16-15-17-20-40;/h15-30,32-38,65H,1-14H3;/q-1;/i5D3,15D,16D,17D,19D,20D,37D;. The number of phenols is 1. The molecular weight excluding hydrogens is 986 g/mol. The van der Waals surface area contributed by atoms with E-state index in [0.717, 1.165) is 33.4 Å². The summed E-state index contributed by atoms with van der Waals surface area (Å²) in [5.74, 6) is -0.347. The van der Waals surface area contributed by atoms with Crippen LogP contribution in [0.1, 0.15) is 148 Å². The van der Waals surface area contributed by atoms with E-state index in [1.165, 1.54) is 0 Å². The van der Waals surface area contributed by atoms with Crippen molar-refractivity contribution in [2.45, 2.75) is 125 Å². The second-order valence-electron chi connectivity index (χ2n) is 21.0. The molecule has 0 saturated heterocycles. The van der Waals surface area contributed by atoms with Crippen LogP contribution in [-0.4, -0.2) is 19.6 Å². The fourth-order valence-corrected chi connectivity index (χ4v) is 8.32. The maximum atomic E-state index is 12.6. The molecule has 0 aliphatic rings. The minimum atomic E-state index is -2.61. The van der Waals surface area contributed by atoms with Crippen LogP contribution in [0.25, 0.3) is 72.7 Å². The molecule has 5 heteroatoms. The van der Waals surface area contributed by atoms with E-state index in [0.29, 0.717) is 61.6 Å². The van der Waals surface area contributed by atoms with Gasteiger partial charge in [0.15, 0.2) is 0 Å². The number of aromatic hydroxyl groups is 1. The normalized spacial score (nSPS) is 14.6. The minimum Gasteiger partial charge on any atom is -0.507 e. The van der Waals surface area contributed by atoms with Crippen molar-refractivity contribution < 1.29 is 38.5 Å². The molecule has 1 N–H and O–H groups in total. The second kappa shape index (κ2) is 18.3. The summed E-state index contributed by atoms with van der Waals surface area (Å²) in [4.78, 5) is 10.2. The third-order valence-corrected chi connectivity index (χ3v) is 12.3. The fraction of sp³-hybridized carbons (Fsp3) is 0.311. The van der Waals surface area contributed by atoms with Gasteiger partial charge in [0.05, 0.1) is 29.1 Å². The first-order valence-electron chi connectivity index (χ1n) is 27.0. The van der Waals surface area contributed by atoms with Crippen molar-refractivity contribution in [2.75, 3.05) is 0 Å². The molecule has 0 fully saturated rings. The average molecular weight is 1060 g/mol. The summed E-state index contributed by atoms with van der Waals surface area (Å²) in [6, 6.07) is 30.5. The molecule has 0 atom stereocenters. The van der Waals surface area contributed by atoms with Gasteiger partial charge in [-0.3, -0.25) is 9.55 Å². The Morgan fingerprint density at radius 2 is 1.33 bits per heavy atom. The summed E-state index contributed by atoms with van der Waals surface area (Å²) in [5, 5.41) is 12.6. The van der Waals surface area contributed by atoms with Crippen molar-refractivity contribution >= 4 is 11.0 Å². The molecule has 8 aromatic rings. The number of phenolic OH excluding ortho intramolecular Hbond substituents is 1. The molecule has 0 radical (unpaired) electrons. The SMILES string of the molecule is [2H]c1c([2H])c([2H])c(-c2ccnc(-c3[c-]c(-c4cccc5c4nc(-c4cc(C(C)(C)C)cc(C(C)(C)C)c4O)n5-c4ccc(-c5cc(C(C)C)cc(C([2H])(C)C)c5)cc4C([2H])([2H])[2H])cc(C(C)(C)C)c3)c2)c([2H])c1[2H].[Pt]. The fourth-order valence-electron chi connectivity index (χ4n) is 8.32. The van der Waals surface area contributed by atoms with E-state index in [-0.39, 0.29) is 66.8 Å². The van der Waals surface area contributed by atoms with Crippen LogP contribution in [0.4, 0.5) is 0 Å². The van der Waals surface area contributed by atoms with Gasteiger partial charge in [-0.25, -0.2) is 4.98 Å². The van der Waals surface area contributed by atoms with Crippen molar-refractivity contribution in [1.82, 2.24) is 14.5 Å². The largest absolute Gasteiger partial charge is 0.507 e. The third-order valence-electron chi connectivity index (χ3n) is 12.3. The summed E-state index contributed by atoms with van der Waals surface area (Å²) in [6.45, 7) is 24.1. The van der Waals surface area contributed by atoms with Gasteiger partial charge in [-0.05, 0) is 110 Å². The van der Waals surface area contributed by atoms with Gasteiger partial charge in [-0.15, -0.1) is 29.3 Å². The van der Waals surface area contributed by atoms with E-state index in [1.54, 1.807) is 24.4 Å². The number of nitrogens with zero attached hydrogens (tertiary/aromatic N) is 3. The third kappa shape index (κ3) is 9.63. The van der Waals surface area contributed by atoms with Crippen molar-refractivity contribution in [3.63, 3.8) is 0 Å². The maximum absolute atomic E-state index is 12.6. The summed E-state index contributed by atoms with van der Waals surface area (Å²) in [6.07, 6.45) is 1.56. The average Bonchev–Trinajstić information content (AvgIpc) is 3.70. The van der Waals surface area contributed by atoms with Gasteiger partial charge in [0.1, 0.15) is 11.6 Å². The Labute approximate surface area is 421 Å². The van der Waals surface area contributed by atoms with Gasteiger partial charge < -0.3 is 5.11 Å². The Kier molecular flexibility index (Phi) is 10.4. The van der Waals surface area contributed by atoms with Gasteiger partial charge in [0.2, 0.25) is 0 Å². The quantitative estimate of drug-likeness (QED) is 0.154. The van der Waals surface area contributed by atoms with Crippen LogP contribution in [0, 0.1) is 12.9 Å². The van der Waals surface area contributed by atoms with E-state index < -0.39 is 36.3 Å². The molecule has 0 unspecified atom stereocenters. The van der Waals surface area contributed by atoms with Gasteiger partial charge in [-0.1, -0.05) is 180 Å². The Morgan fingerprint density at radius 3 is 1.98 bits per heavy atom. The Bertz CT molecular complexity index is 3500. The van der Waals surface area contributed by atoms with Crippen molar-refractivity contribution in [1.29, 1.82) is 0 Å². The van der Waals surface area contributed by atoms with E-state index in [9.17, 15) is 5.11 Å². The van der Waals surface area contributed by atoms with Gasteiger partial charge in [0, 0.05) is 44.0 Å². The summed E-state index contributed by atoms with van der Waals surface area (Å²) >= 11 is 0. The number of pyridine rings is 1. The minimum absolute atomic E-state index is 0. The van der Waals surface area contributed by atoms with Crippen molar-refractivity contribution in [3.05, 3.63) is 167 Å². The molecule has 0 bridgehead atoms. The number of rotatable bonds is 8. The molecular formula is C61H66N3OPt-. The molecule has 0 amide bonds. The zero-order chi connectivity index (χ0) is 54.5. The summed E-state index contributed by atoms with van der Waals surface area (Å²) < 4.78 is 80.5. The van der Waals surface area contributed by atoms with E-state index >= 15 is 0 Å². The van der Waals surface area contributed by atoms with E-state index in [1.807, 2.05) is 73.0 Å². The maximum Gasteiger partial charge on any atom is 0.148 e. The monoisotopic (exact) mass is 1060 g/mol. The predicted octanol–water partition coefficient (Wildman–Crippen LogP) is 16.7. The van der Waals surface area contributed by atoms with Crippen LogP contribution in [0.3, 0.4) is 0 Å². The summed E-state index contributed by atoms with van der Waals surface area (Å²) in [7, 11) is 0. The molecule has 0 aliphatic carbocycles. The van der Waals surface area contributed by atoms with Crippen molar-refractivity contribution in [3.8, 4) is 67.5 Å². The molecule has 4 nitrogen and oxygen atoms in total. The molecule has 2 heterocycles. The van der Waals surface area contributed by atoms with Gasteiger partial charge >= 0.3 is 0 Å². The predicted molar refractivity (Wildman–Crippen MR) is 276 cm³/mol. The number of para-hydroxylation sites is 1. The smallest absolute Gasteiger partial charge is 0.148 e. The van der Waals surface area contributed by atoms with Crippen LogP contribution < -0.4 is 0 Å². The summed E-state index contributed by atoms with van der Waals surface area (Å²) in [5.41, 5.74) is 9.68. The number of imidazole rings is 1. The number of aryl methyl sites for hydroxylation is 1. The number of benzene rings is 6. The number of hydrogen-bond acceptors (Lipinski definition) is 3. The Balaban J connectivity index is 0.00000820. The number of aromatic nitrogens is 3. The van der Waals surface area contributed by atoms with Gasteiger partial charge in [0.25, 0.3) is 0 Å². The van der Waals surface area contributed by atoms with Crippen LogP contribution >= 0.6 is 0 Å². The topological polar surface area (TPSA) is 50.9 Å². The first kappa shape index (κ1) is 37.5. The Hall–Kier alpha value is -5.57. The molecule has 342 valence electrons. The molecule has 0 aliphatic heterocycles. The first-order valence-corrected chi connectivity index (χ1v) is 22.5. The van der Waals surface area contributed by atoms with Crippen molar-refractivity contribution in [2.24, 2.45) is 0 Å². The van der Waals surface area contributed by atoms with Crippen LogP contribution in [0.2, 0.25) is 0 Å². The van der Waals surface area contributed by atoms with E-state index in [4.69, 9.17) is 22.3 Å². The zero-order valence-corrected chi connectivity index (χ0v) is 42.7. The number of hydrogen-bond donors (Lipinski definition) is 1. The van der Waals surface area contributed by atoms with E-state index in [2.05, 4.69) is 100 Å².